The van der Waals surface area contributed by atoms with E-state index in [0.717, 1.165) is 13.0 Å². The van der Waals surface area contributed by atoms with Crippen LogP contribution in [0, 0.1) is 18.6 Å². The minimum Gasteiger partial charge on any atom is -0.369 e. The van der Waals surface area contributed by atoms with Gasteiger partial charge in [0, 0.05) is 49.2 Å². The van der Waals surface area contributed by atoms with Crippen LogP contribution < -0.4 is 9.62 Å². The molecular weight excluding hydrogens is 456 g/mol. The third-order valence-corrected chi connectivity index (χ3v) is 7.52. The average molecular weight is 480 g/mol. The average Bonchev–Trinajstić information content (AvgIpc) is 3.43. The molecule has 4 rings (SSSR count). The summed E-state index contributed by atoms with van der Waals surface area (Å²) in [6, 6.07) is 6.77. The molecule has 1 aliphatic heterocycles. The second kappa shape index (κ2) is 9.08. The van der Waals surface area contributed by atoms with Gasteiger partial charge in [-0.2, -0.15) is 8.42 Å². The number of hydrogen-bond acceptors (Lipinski definition) is 7. The fourth-order valence-electron chi connectivity index (χ4n) is 3.87. The minimum atomic E-state index is -4.20. The Morgan fingerprint density at radius 1 is 1.28 bits per heavy atom. The molecule has 0 saturated carbocycles. The fraction of sp³-hybridized carbons (Fsp3) is 0.333. The van der Waals surface area contributed by atoms with Gasteiger partial charge in [0.2, 0.25) is 5.03 Å². The molecule has 1 aromatic carbocycles. The number of rotatable bonds is 7. The summed E-state index contributed by atoms with van der Waals surface area (Å²) in [6.07, 6.45) is 2.20. The van der Waals surface area contributed by atoms with Gasteiger partial charge in [-0.1, -0.05) is 18.2 Å². The van der Waals surface area contributed by atoms with Gasteiger partial charge in [0.15, 0.2) is 11.6 Å². The van der Waals surface area contributed by atoms with Crippen LogP contribution >= 0.6 is 11.3 Å². The van der Waals surface area contributed by atoms with Gasteiger partial charge in [-0.25, -0.2) is 18.7 Å². The summed E-state index contributed by atoms with van der Waals surface area (Å²) in [7, 11) is -2.36. The Morgan fingerprint density at radius 3 is 2.78 bits per heavy atom. The molecule has 1 N–H and O–H groups in total. The summed E-state index contributed by atoms with van der Waals surface area (Å²) in [6.45, 7) is 3.50. The van der Waals surface area contributed by atoms with E-state index in [1.54, 1.807) is 12.1 Å². The highest BCUT2D eigenvalue weighted by Gasteiger charge is 2.30. The van der Waals surface area contributed by atoms with E-state index in [1.807, 2.05) is 18.0 Å². The van der Waals surface area contributed by atoms with Crippen molar-refractivity contribution in [3.63, 3.8) is 0 Å². The molecule has 0 spiro atoms. The van der Waals surface area contributed by atoms with Crippen LogP contribution in [0.3, 0.4) is 0 Å². The first-order valence-electron chi connectivity index (χ1n) is 10.0. The number of hydrogen-bond donors (Lipinski definition) is 1. The van der Waals surface area contributed by atoms with E-state index >= 15 is 4.39 Å². The molecule has 7 nitrogen and oxygen atoms in total. The number of nitrogens with zero attached hydrogens (tertiary/aromatic N) is 4. The van der Waals surface area contributed by atoms with E-state index in [1.165, 1.54) is 41.4 Å². The monoisotopic (exact) mass is 479 g/mol. The topological polar surface area (TPSA) is 78.4 Å². The first-order valence-corrected chi connectivity index (χ1v) is 12.4. The van der Waals surface area contributed by atoms with Crippen molar-refractivity contribution in [1.82, 2.24) is 14.9 Å². The van der Waals surface area contributed by atoms with Crippen molar-refractivity contribution in [1.29, 1.82) is 0 Å². The number of anilines is 2. The lowest BCUT2D eigenvalue weighted by Gasteiger charge is -2.28. The molecule has 3 aromatic rings. The van der Waals surface area contributed by atoms with Crippen molar-refractivity contribution in [2.75, 3.05) is 29.8 Å². The van der Waals surface area contributed by atoms with Gasteiger partial charge < -0.3 is 4.90 Å². The summed E-state index contributed by atoms with van der Waals surface area (Å²) in [5, 5.41) is 0.852. The number of likely N-dealkylation sites (tertiary alicyclic amines) is 1. The maximum absolute atomic E-state index is 15.1. The highest BCUT2D eigenvalue weighted by molar-refractivity contribution is 7.92. The van der Waals surface area contributed by atoms with Crippen molar-refractivity contribution >= 4 is 32.9 Å². The Morgan fingerprint density at radius 2 is 2.06 bits per heavy atom. The number of likely N-dealkylation sites (N-methyl/N-ethyl adjacent to an activating group) is 1. The number of halogens is 2. The van der Waals surface area contributed by atoms with Gasteiger partial charge in [-0.3, -0.25) is 9.62 Å². The third kappa shape index (κ3) is 4.59. The first-order chi connectivity index (χ1) is 15.3. The highest BCUT2D eigenvalue weighted by atomic mass is 32.2. The standard InChI is InChI=1S/C21H23F2N5O2S2/c1-14-18(9-24-21(20(14)23)32(29,30)26-19-12-31-13-25-19)27(2)16-7-8-28(11-16)10-15-5-3-4-6-17(15)22/h3-6,9,12-13,16,26H,7-8,10-11H2,1-2H3/t16-/m0/s1. The van der Waals surface area contributed by atoms with E-state index in [9.17, 15) is 12.8 Å². The molecule has 1 saturated heterocycles. The molecule has 0 bridgehead atoms. The van der Waals surface area contributed by atoms with Gasteiger partial charge >= 0.3 is 0 Å². The highest BCUT2D eigenvalue weighted by Crippen LogP contribution is 2.29. The zero-order valence-corrected chi connectivity index (χ0v) is 19.3. The predicted molar refractivity (Wildman–Crippen MR) is 120 cm³/mol. The lowest BCUT2D eigenvalue weighted by Crippen LogP contribution is -2.35. The Labute approximate surface area is 189 Å². The third-order valence-electron chi connectivity index (χ3n) is 5.66. The van der Waals surface area contributed by atoms with Crippen LogP contribution in [-0.4, -0.2) is 49.5 Å². The number of thiazole rings is 1. The summed E-state index contributed by atoms with van der Waals surface area (Å²) < 4.78 is 56.4. The van der Waals surface area contributed by atoms with E-state index in [2.05, 4.69) is 19.6 Å². The van der Waals surface area contributed by atoms with Gasteiger partial charge in [-0.15, -0.1) is 11.3 Å². The van der Waals surface area contributed by atoms with E-state index in [-0.39, 0.29) is 23.2 Å². The number of pyridine rings is 1. The molecule has 3 heterocycles. The quantitative estimate of drug-likeness (QED) is 0.558. The minimum absolute atomic E-state index is 0.0669. The zero-order valence-electron chi connectivity index (χ0n) is 17.6. The lowest BCUT2D eigenvalue weighted by molar-refractivity contribution is 0.320. The van der Waals surface area contributed by atoms with Crippen LogP contribution in [0.1, 0.15) is 17.5 Å². The van der Waals surface area contributed by atoms with Crippen molar-refractivity contribution in [3.8, 4) is 0 Å². The molecule has 1 aliphatic rings. The molecule has 0 radical (unpaired) electrons. The first kappa shape index (κ1) is 22.6. The molecule has 11 heteroatoms. The van der Waals surface area contributed by atoms with Gasteiger partial charge in [-0.05, 0) is 19.4 Å². The van der Waals surface area contributed by atoms with Crippen molar-refractivity contribution in [2.24, 2.45) is 0 Å². The van der Waals surface area contributed by atoms with Crippen LogP contribution in [0.5, 0.6) is 0 Å². The van der Waals surface area contributed by atoms with Gasteiger partial charge in [0.25, 0.3) is 10.0 Å². The van der Waals surface area contributed by atoms with Crippen LogP contribution in [0.15, 0.2) is 46.4 Å². The van der Waals surface area contributed by atoms with Crippen molar-refractivity contribution in [2.45, 2.75) is 31.0 Å². The maximum atomic E-state index is 15.1. The van der Waals surface area contributed by atoms with Crippen LogP contribution in [0.4, 0.5) is 20.3 Å². The predicted octanol–water partition coefficient (Wildman–Crippen LogP) is 3.64. The molecule has 170 valence electrons. The van der Waals surface area contributed by atoms with Crippen molar-refractivity contribution in [3.05, 3.63) is 64.1 Å². The number of aromatic nitrogens is 2. The van der Waals surface area contributed by atoms with Crippen LogP contribution in [0.2, 0.25) is 0 Å². The van der Waals surface area contributed by atoms with E-state index in [4.69, 9.17) is 0 Å². The van der Waals surface area contributed by atoms with Gasteiger partial charge in [0.1, 0.15) is 5.82 Å². The Hall–Kier alpha value is -2.63. The lowest BCUT2D eigenvalue weighted by atomic mass is 10.1. The molecule has 0 unspecified atom stereocenters. The number of benzene rings is 1. The van der Waals surface area contributed by atoms with E-state index < -0.39 is 20.9 Å². The SMILES string of the molecule is Cc1c(N(C)[C@H]2CCN(Cc3ccccc3F)C2)cnc(S(=O)(=O)Nc2cscn2)c1F. The summed E-state index contributed by atoms with van der Waals surface area (Å²) in [5.74, 6) is -0.997. The van der Waals surface area contributed by atoms with Crippen LogP contribution in [-0.2, 0) is 16.6 Å². The molecule has 1 atom stereocenters. The normalized spacial score (nSPS) is 16.9. The Kier molecular flexibility index (Phi) is 6.40. The molecule has 0 aliphatic carbocycles. The molecule has 32 heavy (non-hydrogen) atoms. The van der Waals surface area contributed by atoms with E-state index in [0.29, 0.717) is 24.3 Å². The smallest absolute Gasteiger partial charge is 0.283 e. The maximum Gasteiger partial charge on any atom is 0.283 e. The van der Waals surface area contributed by atoms with Gasteiger partial charge in [0.05, 0.1) is 17.4 Å². The largest absolute Gasteiger partial charge is 0.369 e. The second-order valence-corrected chi connectivity index (χ2v) is 10.1. The summed E-state index contributed by atoms with van der Waals surface area (Å²) in [5.41, 5.74) is 2.84. The zero-order chi connectivity index (χ0) is 22.9. The second-order valence-electron chi connectivity index (χ2n) is 7.75. The Bertz CT molecular complexity index is 1200. The number of nitrogens with one attached hydrogen (secondary N) is 1. The molecular formula is C21H23F2N5O2S2. The van der Waals surface area contributed by atoms with Crippen LogP contribution in [0.25, 0.3) is 0 Å². The fourth-order valence-corrected chi connectivity index (χ4v) is 5.50. The Balaban J connectivity index is 1.49. The summed E-state index contributed by atoms with van der Waals surface area (Å²) >= 11 is 1.22. The summed E-state index contributed by atoms with van der Waals surface area (Å²) in [4.78, 5) is 11.9. The van der Waals surface area contributed by atoms with Crippen molar-refractivity contribution < 1.29 is 17.2 Å². The molecule has 2 aromatic heterocycles. The molecule has 1 fully saturated rings. The number of sulfonamides is 1. The molecule has 0 amide bonds.